The second kappa shape index (κ2) is 8.25. The molecule has 0 unspecified atom stereocenters. The summed E-state index contributed by atoms with van der Waals surface area (Å²) in [6, 6.07) is 18.1. The van der Waals surface area contributed by atoms with Crippen LogP contribution in [-0.4, -0.2) is 10.9 Å². The summed E-state index contributed by atoms with van der Waals surface area (Å²) in [6.45, 7) is 2.86. The number of nitrogens with one attached hydrogen (secondary N) is 2. The Hall–Kier alpha value is -3.21. The zero-order valence-corrected chi connectivity index (χ0v) is 14.5. The van der Waals surface area contributed by atoms with E-state index in [4.69, 9.17) is 0 Å². The van der Waals surface area contributed by atoms with Crippen molar-refractivity contribution in [1.29, 1.82) is 0 Å². The molecule has 0 aliphatic rings. The maximum Gasteiger partial charge on any atom is 0.270 e. The zero-order chi connectivity index (χ0) is 18.4. The first kappa shape index (κ1) is 17.6. The highest BCUT2D eigenvalue weighted by Crippen LogP contribution is 2.11. The summed E-state index contributed by atoms with van der Waals surface area (Å²) >= 11 is 0. The van der Waals surface area contributed by atoms with Crippen molar-refractivity contribution in [1.82, 2.24) is 10.3 Å². The average Bonchev–Trinajstić information content (AvgIpc) is 2.66. The van der Waals surface area contributed by atoms with Crippen molar-refractivity contribution in [3.63, 3.8) is 0 Å². The van der Waals surface area contributed by atoms with E-state index in [2.05, 4.69) is 40.7 Å². The summed E-state index contributed by atoms with van der Waals surface area (Å²) in [7, 11) is 0. The first-order valence-corrected chi connectivity index (χ1v) is 8.39. The van der Waals surface area contributed by atoms with Crippen LogP contribution in [-0.2, 0) is 13.1 Å². The molecule has 0 radical (unpaired) electrons. The number of anilines is 1. The number of carbonyl (C=O) groups excluding carboxylic acids is 1. The predicted molar refractivity (Wildman–Crippen MR) is 100 cm³/mol. The third-order valence-corrected chi connectivity index (χ3v) is 3.97. The molecule has 0 bridgehead atoms. The fraction of sp³-hybridized carbons (Fsp3) is 0.143. The summed E-state index contributed by atoms with van der Waals surface area (Å²) in [6.07, 6.45) is 1.62. The van der Waals surface area contributed by atoms with Crippen LogP contribution in [0.2, 0.25) is 0 Å². The van der Waals surface area contributed by atoms with E-state index in [1.54, 1.807) is 36.5 Å². The van der Waals surface area contributed by atoms with Crippen LogP contribution in [0.15, 0.2) is 66.9 Å². The number of hydrogen-bond donors (Lipinski definition) is 2. The lowest BCUT2D eigenvalue weighted by atomic mass is 10.1. The molecule has 0 fully saturated rings. The second-order valence-electron chi connectivity index (χ2n) is 6.05. The normalized spacial score (nSPS) is 10.4. The van der Waals surface area contributed by atoms with E-state index in [1.807, 2.05) is 6.07 Å². The average molecular weight is 349 g/mol. The maximum absolute atomic E-state index is 13.6. The minimum absolute atomic E-state index is 0.126. The lowest BCUT2D eigenvalue weighted by Crippen LogP contribution is -2.24. The zero-order valence-electron chi connectivity index (χ0n) is 14.5. The molecule has 0 spiro atoms. The minimum atomic E-state index is -0.337. The van der Waals surface area contributed by atoms with Gasteiger partial charge >= 0.3 is 0 Å². The third kappa shape index (κ3) is 4.66. The monoisotopic (exact) mass is 349 g/mol. The smallest absolute Gasteiger partial charge is 0.270 e. The first-order chi connectivity index (χ1) is 12.6. The molecule has 5 heteroatoms. The van der Waals surface area contributed by atoms with Crippen LogP contribution in [0.3, 0.4) is 0 Å². The molecular formula is C21H20FN3O. The molecule has 1 aromatic heterocycles. The lowest BCUT2D eigenvalue weighted by Gasteiger charge is -2.08. The molecular weight excluding hydrogens is 329 g/mol. The quantitative estimate of drug-likeness (QED) is 0.705. The fourth-order valence-corrected chi connectivity index (χ4v) is 2.57. The molecule has 0 aliphatic carbocycles. The van der Waals surface area contributed by atoms with Gasteiger partial charge in [-0.3, -0.25) is 4.79 Å². The van der Waals surface area contributed by atoms with E-state index < -0.39 is 0 Å². The Balaban J connectivity index is 1.55. The number of aromatic nitrogens is 1. The van der Waals surface area contributed by atoms with Crippen molar-refractivity contribution in [2.75, 3.05) is 5.32 Å². The van der Waals surface area contributed by atoms with E-state index in [1.165, 1.54) is 17.2 Å². The Morgan fingerprint density at radius 2 is 1.88 bits per heavy atom. The predicted octanol–water partition coefficient (Wildman–Crippen LogP) is 4.07. The Morgan fingerprint density at radius 3 is 2.62 bits per heavy atom. The number of carbonyl (C=O) groups is 1. The molecule has 0 saturated carbocycles. The van der Waals surface area contributed by atoms with Crippen LogP contribution in [0.4, 0.5) is 10.1 Å². The molecule has 0 saturated heterocycles. The van der Waals surface area contributed by atoms with Crippen molar-refractivity contribution < 1.29 is 9.18 Å². The van der Waals surface area contributed by atoms with Crippen LogP contribution < -0.4 is 10.6 Å². The van der Waals surface area contributed by atoms with Gasteiger partial charge < -0.3 is 10.6 Å². The van der Waals surface area contributed by atoms with Gasteiger partial charge in [0.2, 0.25) is 0 Å². The van der Waals surface area contributed by atoms with Crippen molar-refractivity contribution in [3.8, 4) is 0 Å². The van der Waals surface area contributed by atoms with Crippen molar-refractivity contribution in [3.05, 3.63) is 95.1 Å². The molecule has 2 aromatic carbocycles. The van der Waals surface area contributed by atoms with Crippen LogP contribution >= 0.6 is 0 Å². The molecule has 3 rings (SSSR count). The number of rotatable bonds is 6. The molecule has 3 aromatic rings. The Labute approximate surface area is 152 Å². The number of pyridine rings is 1. The number of aryl methyl sites for hydroxylation is 1. The van der Waals surface area contributed by atoms with Crippen LogP contribution in [0.1, 0.15) is 27.2 Å². The fourth-order valence-electron chi connectivity index (χ4n) is 2.57. The van der Waals surface area contributed by atoms with E-state index >= 15 is 0 Å². The summed E-state index contributed by atoms with van der Waals surface area (Å²) in [5.74, 6) is -0.671. The van der Waals surface area contributed by atoms with Gasteiger partial charge in [-0.2, -0.15) is 0 Å². The number of benzene rings is 2. The van der Waals surface area contributed by atoms with E-state index in [-0.39, 0.29) is 18.3 Å². The minimum Gasteiger partial charge on any atom is -0.380 e. The number of hydrogen-bond acceptors (Lipinski definition) is 3. The molecule has 0 aliphatic heterocycles. The van der Waals surface area contributed by atoms with Gasteiger partial charge in [0.05, 0.1) is 11.9 Å². The SMILES string of the molecule is Cc1cccc(CNc2ccc(C(=O)NCc3ccccc3F)nc2)c1. The summed E-state index contributed by atoms with van der Waals surface area (Å²) in [5.41, 5.74) is 3.96. The van der Waals surface area contributed by atoms with Crippen molar-refractivity contribution in [2.45, 2.75) is 20.0 Å². The van der Waals surface area contributed by atoms with Gasteiger partial charge in [0.15, 0.2) is 0 Å². The van der Waals surface area contributed by atoms with Crippen LogP contribution in [0, 0.1) is 12.7 Å². The number of halogens is 1. The Morgan fingerprint density at radius 1 is 1.04 bits per heavy atom. The highest BCUT2D eigenvalue weighted by molar-refractivity contribution is 5.92. The maximum atomic E-state index is 13.6. The van der Waals surface area contributed by atoms with Gasteiger partial charge in [0.1, 0.15) is 11.5 Å². The van der Waals surface area contributed by atoms with E-state index in [9.17, 15) is 9.18 Å². The molecule has 132 valence electrons. The number of nitrogens with zero attached hydrogens (tertiary/aromatic N) is 1. The Bertz CT molecular complexity index is 894. The molecule has 26 heavy (non-hydrogen) atoms. The van der Waals surface area contributed by atoms with Gasteiger partial charge in [-0.15, -0.1) is 0 Å². The highest BCUT2D eigenvalue weighted by Gasteiger charge is 2.08. The third-order valence-electron chi connectivity index (χ3n) is 3.97. The number of amides is 1. The van der Waals surface area contributed by atoms with Gasteiger partial charge in [-0.05, 0) is 30.7 Å². The molecule has 1 amide bonds. The summed E-state index contributed by atoms with van der Waals surface area (Å²) in [4.78, 5) is 16.3. The highest BCUT2D eigenvalue weighted by atomic mass is 19.1. The van der Waals surface area contributed by atoms with Crippen LogP contribution in [0.5, 0.6) is 0 Å². The van der Waals surface area contributed by atoms with Gasteiger partial charge in [-0.1, -0.05) is 48.0 Å². The summed E-state index contributed by atoms with van der Waals surface area (Å²) in [5, 5.41) is 5.95. The van der Waals surface area contributed by atoms with Crippen LogP contribution in [0.25, 0.3) is 0 Å². The second-order valence-corrected chi connectivity index (χ2v) is 6.05. The summed E-state index contributed by atoms with van der Waals surface area (Å²) < 4.78 is 13.6. The van der Waals surface area contributed by atoms with Gasteiger partial charge in [0, 0.05) is 18.7 Å². The lowest BCUT2D eigenvalue weighted by molar-refractivity contribution is 0.0945. The molecule has 2 N–H and O–H groups in total. The topological polar surface area (TPSA) is 54.0 Å². The largest absolute Gasteiger partial charge is 0.380 e. The molecule has 1 heterocycles. The van der Waals surface area contributed by atoms with Crippen molar-refractivity contribution in [2.24, 2.45) is 0 Å². The van der Waals surface area contributed by atoms with E-state index in [0.717, 1.165) is 5.69 Å². The standard InChI is InChI=1S/C21H20FN3O/c1-15-5-4-6-16(11-15)12-23-18-9-10-20(24-14-18)21(26)25-13-17-7-2-3-8-19(17)22/h2-11,14,23H,12-13H2,1H3,(H,25,26). The molecule has 0 atom stereocenters. The molecule has 4 nitrogen and oxygen atoms in total. The first-order valence-electron chi connectivity index (χ1n) is 8.39. The van der Waals surface area contributed by atoms with Gasteiger partial charge in [0.25, 0.3) is 5.91 Å². The van der Waals surface area contributed by atoms with Gasteiger partial charge in [-0.25, -0.2) is 9.37 Å². The Kier molecular flexibility index (Phi) is 5.59. The van der Waals surface area contributed by atoms with E-state index in [0.29, 0.717) is 17.8 Å². The van der Waals surface area contributed by atoms with Crippen molar-refractivity contribution >= 4 is 11.6 Å².